The van der Waals surface area contributed by atoms with E-state index in [1.54, 1.807) is 12.1 Å². The zero-order valence-electron chi connectivity index (χ0n) is 14.0. The summed E-state index contributed by atoms with van der Waals surface area (Å²) in [6.07, 6.45) is 0. The molecule has 1 heterocycles. The molecular weight excluding hydrogens is 372 g/mol. The summed E-state index contributed by atoms with van der Waals surface area (Å²) in [5.41, 5.74) is 2.55. The molecule has 27 heavy (non-hydrogen) atoms. The molecule has 2 aromatic carbocycles. The van der Waals surface area contributed by atoms with E-state index in [0.29, 0.717) is 22.6 Å². The topological polar surface area (TPSA) is 133 Å². The zero-order chi connectivity index (χ0) is 19.4. The van der Waals surface area contributed by atoms with Crippen LogP contribution in [0.5, 0.6) is 0 Å². The summed E-state index contributed by atoms with van der Waals surface area (Å²) in [7, 11) is -3.81. The van der Waals surface area contributed by atoms with Crippen molar-refractivity contribution in [1.82, 2.24) is 5.16 Å². The third-order valence-corrected chi connectivity index (χ3v) is 4.67. The highest BCUT2D eigenvalue weighted by atomic mass is 32.2. The maximum absolute atomic E-state index is 11.5. The van der Waals surface area contributed by atoms with E-state index in [2.05, 4.69) is 5.16 Å². The lowest BCUT2D eigenvalue weighted by atomic mass is 9.99. The van der Waals surface area contributed by atoms with E-state index in [1.165, 1.54) is 12.1 Å². The van der Waals surface area contributed by atoms with Crippen LogP contribution < -0.4 is 5.14 Å². The molecule has 0 radical (unpaired) electrons. The second kappa shape index (κ2) is 7.70. The Labute approximate surface area is 155 Å². The van der Waals surface area contributed by atoms with Crippen LogP contribution in [0.1, 0.15) is 5.76 Å². The molecule has 3 N–H and O–H groups in total. The SMILES string of the molecule is NS(=O)(=O)c1ccc(-c2c(-c3ccccc3)noc2COCC(=O)O)cc1. The number of hydrogen-bond acceptors (Lipinski definition) is 6. The monoisotopic (exact) mass is 388 g/mol. The minimum Gasteiger partial charge on any atom is -0.480 e. The molecule has 0 fully saturated rings. The van der Waals surface area contributed by atoms with E-state index < -0.39 is 22.6 Å². The first kappa shape index (κ1) is 18.8. The van der Waals surface area contributed by atoms with Crippen molar-refractivity contribution in [3.63, 3.8) is 0 Å². The molecule has 1 aromatic heterocycles. The lowest BCUT2D eigenvalue weighted by Gasteiger charge is -2.06. The van der Waals surface area contributed by atoms with Gasteiger partial charge in [-0.25, -0.2) is 18.4 Å². The second-order valence-electron chi connectivity index (χ2n) is 5.65. The van der Waals surface area contributed by atoms with Crippen molar-refractivity contribution in [1.29, 1.82) is 0 Å². The molecular formula is C18H16N2O6S. The van der Waals surface area contributed by atoms with Crippen LogP contribution in [0.2, 0.25) is 0 Å². The Morgan fingerprint density at radius 3 is 2.33 bits per heavy atom. The van der Waals surface area contributed by atoms with Gasteiger partial charge < -0.3 is 14.4 Å². The number of carboxylic acids is 1. The normalized spacial score (nSPS) is 11.4. The lowest BCUT2D eigenvalue weighted by Crippen LogP contribution is -2.11. The van der Waals surface area contributed by atoms with Gasteiger partial charge in [-0.15, -0.1) is 0 Å². The van der Waals surface area contributed by atoms with E-state index in [0.717, 1.165) is 5.56 Å². The molecule has 0 spiro atoms. The second-order valence-corrected chi connectivity index (χ2v) is 7.21. The highest BCUT2D eigenvalue weighted by Crippen LogP contribution is 2.35. The molecule has 8 nitrogen and oxygen atoms in total. The Hall–Kier alpha value is -3.01. The first-order chi connectivity index (χ1) is 12.9. The number of benzene rings is 2. The van der Waals surface area contributed by atoms with Crippen LogP contribution in [-0.4, -0.2) is 31.3 Å². The quantitative estimate of drug-likeness (QED) is 0.634. The minimum absolute atomic E-state index is 0.0207. The average Bonchev–Trinajstić information content (AvgIpc) is 3.05. The van der Waals surface area contributed by atoms with Gasteiger partial charge in [0.1, 0.15) is 18.9 Å². The summed E-state index contributed by atoms with van der Waals surface area (Å²) in [6, 6.07) is 15.2. The third-order valence-electron chi connectivity index (χ3n) is 3.74. The molecule has 0 unspecified atom stereocenters. The Kier molecular flexibility index (Phi) is 5.36. The van der Waals surface area contributed by atoms with E-state index in [-0.39, 0.29) is 11.5 Å². The molecule has 0 atom stereocenters. The van der Waals surface area contributed by atoms with Crippen molar-refractivity contribution in [3.8, 4) is 22.4 Å². The number of hydrogen-bond donors (Lipinski definition) is 2. The number of primary sulfonamides is 1. The van der Waals surface area contributed by atoms with Crippen LogP contribution in [-0.2, 0) is 26.2 Å². The van der Waals surface area contributed by atoms with Crippen LogP contribution in [0.3, 0.4) is 0 Å². The van der Waals surface area contributed by atoms with Crippen molar-refractivity contribution >= 4 is 16.0 Å². The first-order valence-electron chi connectivity index (χ1n) is 7.83. The molecule has 140 valence electrons. The Balaban J connectivity index is 2.04. The van der Waals surface area contributed by atoms with Crippen molar-refractivity contribution in [2.75, 3.05) is 6.61 Å². The number of sulfonamides is 1. The van der Waals surface area contributed by atoms with Crippen LogP contribution in [0, 0.1) is 0 Å². The van der Waals surface area contributed by atoms with Crippen molar-refractivity contribution in [3.05, 3.63) is 60.4 Å². The van der Waals surface area contributed by atoms with E-state index in [1.807, 2.05) is 30.3 Å². The largest absolute Gasteiger partial charge is 0.480 e. The molecule has 0 aliphatic heterocycles. The molecule has 0 aliphatic carbocycles. The predicted octanol–water partition coefficient (Wildman–Crippen LogP) is 2.26. The predicted molar refractivity (Wildman–Crippen MR) is 96.0 cm³/mol. The third kappa shape index (κ3) is 4.40. The number of rotatable bonds is 7. The molecule has 0 amide bonds. The highest BCUT2D eigenvalue weighted by molar-refractivity contribution is 7.89. The highest BCUT2D eigenvalue weighted by Gasteiger charge is 2.20. The zero-order valence-corrected chi connectivity index (χ0v) is 14.8. The molecule has 0 aliphatic rings. The van der Waals surface area contributed by atoms with Crippen molar-refractivity contribution in [2.24, 2.45) is 5.14 Å². The number of aliphatic carboxylic acids is 1. The molecule has 3 rings (SSSR count). The summed E-state index contributed by atoms with van der Waals surface area (Å²) in [5, 5.41) is 18.0. The van der Waals surface area contributed by atoms with Gasteiger partial charge in [-0.2, -0.15) is 0 Å². The van der Waals surface area contributed by atoms with Crippen LogP contribution in [0.15, 0.2) is 64.0 Å². The maximum atomic E-state index is 11.5. The standard InChI is InChI=1S/C18H16N2O6S/c19-27(23,24)14-8-6-12(7-9-14)17-15(10-25-11-16(21)22)26-20-18(17)13-4-2-1-3-5-13/h1-9H,10-11H2,(H,21,22)(H2,19,23,24). The van der Waals surface area contributed by atoms with Crippen molar-refractivity contribution < 1.29 is 27.6 Å². The fourth-order valence-corrected chi connectivity index (χ4v) is 3.07. The van der Waals surface area contributed by atoms with Gasteiger partial charge in [-0.3, -0.25) is 0 Å². The Morgan fingerprint density at radius 1 is 1.07 bits per heavy atom. The number of ether oxygens (including phenoxy) is 1. The van der Waals surface area contributed by atoms with Gasteiger partial charge in [0.15, 0.2) is 5.76 Å². The van der Waals surface area contributed by atoms with Gasteiger partial charge in [-0.05, 0) is 17.7 Å². The molecule has 9 heteroatoms. The number of nitrogens with two attached hydrogens (primary N) is 1. The summed E-state index contributed by atoms with van der Waals surface area (Å²) in [6.45, 7) is -0.580. The van der Waals surface area contributed by atoms with Gasteiger partial charge in [0.2, 0.25) is 10.0 Å². The smallest absolute Gasteiger partial charge is 0.329 e. The van der Waals surface area contributed by atoms with Gasteiger partial charge >= 0.3 is 5.97 Å². The van der Waals surface area contributed by atoms with Gasteiger partial charge in [-0.1, -0.05) is 47.6 Å². The Morgan fingerprint density at radius 2 is 1.74 bits per heavy atom. The fraction of sp³-hybridized carbons (Fsp3) is 0.111. The van der Waals surface area contributed by atoms with E-state index >= 15 is 0 Å². The first-order valence-corrected chi connectivity index (χ1v) is 9.37. The fourth-order valence-electron chi connectivity index (χ4n) is 2.56. The number of carboxylic acid groups (broad SMARTS) is 1. The average molecular weight is 388 g/mol. The maximum Gasteiger partial charge on any atom is 0.329 e. The van der Waals surface area contributed by atoms with Crippen LogP contribution in [0.4, 0.5) is 0 Å². The van der Waals surface area contributed by atoms with Gasteiger partial charge in [0, 0.05) is 5.56 Å². The molecule has 0 saturated carbocycles. The van der Waals surface area contributed by atoms with Gasteiger partial charge in [0.05, 0.1) is 10.5 Å². The van der Waals surface area contributed by atoms with Crippen molar-refractivity contribution in [2.45, 2.75) is 11.5 Å². The van der Waals surface area contributed by atoms with Crippen LogP contribution in [0.25, 0.3) is 22.4 Å². The molecule has 0 saturated heterocycles. The summed E-state index contributed by atoms with van der Waals surface area (Å²) in [5.74, 6) is -0.768. The lowest BCUT2D eigenvalue weighted by molar-refractivity contribution is -0.142. The number of aromatic nitrogens is 1. The van der Waals surface area contributed by atoms with Gasteiger partial charge in [0.25, 0.3) is 0 Å². The summed E-state index contributed by atoms with van der Waals surface area (Å²) >= 11 is 0. The minimum atomic E-state index is -3.81. The van der Waals surface area contributed by atoms with E-state index in [9.17, 15) is 13.2 Å². The number of carbonyl (C=O) groups is 1. The van der Waals surface area contributed by atoms with E-state index in [4.69, 9.17) is 19.5 Å². The summed E-state index contributed by atoms with van der Waals surface area (Å²) < 4.78 is 33.4. The van der Waals surface area contributed by atoms with Crippen LogP contribution >= 0.6 is 0 Å². The Bertz CT molecular complexity index is 1040. The molecule has 3 aromatic rings. The molecule has 0 bridgehead atoms. The summed E-state index contributed by atoms with van der Waals surface area (Å²) in [4.78, 5) is 10.6. The number of nitrogens with zero attached hydrogens (tertiary/aromatic N) is 1.